The van der Waals surface area contributed by atoms with Crippen molar-refractivity contribution in [2.24, 2.45) is 0 Å². The van der Waals surface area contributed by atoms with Gasteiger partial charge in [0.2, 0.25) is 5.89 Å². The van der Waals surface area contributed by atoms with Gasteiger partial charge in [-0.25, -0.2) is 0 Å². The Balaban J connectivity index is 2.69. The summed E-state index contributed by atoms with van der Waals surface area (Å²) < 4.78 is 10.2. The second-order valence-electron chi connectivity index (χ2n) is 3.26. The van der Waals surface area contributed by atoms with Crippen LogP contribution in [-0.4, -0.2) is 22.5 Å². The molecule has 0 aliphatic carbocycles. The molecular weight excluding hydrogens is 196 g/mol. The summed E-state index contributed by atoms with van der Waals surface area (Å²) in [5, 5.41) is 3.74. The third-order valence-corrected chi connectivity index (χ3v) is 2.12. The summed E-state index contributed by atoms with van der Waals surface area (Å²) in [5.74, 6) is 0.642. The lowest BCUT2D eigenvalue weighted by Gasteiger charge is -2.03. The fraction of sp³-hybridized carbons (Fsp3) is 0.700. The van der Waals surface area contributed by atoms with E-state index in [9.17, 15) is 4.79 Å². The molecule has 0 aliphatic rings. The number of nitrogens with zero attached hydrogens (tertiary/aromatic N) is 2. The van der Waals surface area contributed by atoms with Crippen molar-refractivity contribution in [2.45, 2.75) is 39.7 Å². The van der Waals surface area contributed by atoms with Gasteiger partial charge in [-0.3, -0.25) is 4.79 Å². The molecule has 0 bridgehead atoms. The molecule has 0 saturated heterocycles. The number of carbonyl (C=O) groups is 1. The molecule has 0 spiro atoms. The minimum Gasteiger partial charge on any atom is -0.374 e. The number of rotatable bonds is 6. The molecular formula is C10H16N2O3. The quantitative estimate of drug-likeness (QED) is 0.717. The Morgan fingerprint density at radius 2 is 2.27 bits per heavy atom. The maximum atomic E-state index is 11.2. The maximum Gasteiger partial charge on any atom is 0.237 e. The second-order valence-corrected chi connectivity index (χ2v) is 3.26. The van der Waals surface area contributed by atoms with Crippen LogP contribution in [0.25, 0.3) is 0 Å². The van der Waals surface area contributed by atoms with Crippen molar-refractivity contribution in [3.63, 3.8) is 0 Å². The van der Waals surface area contributed by atoms with Crippen LogP contribution in [0.1, 0.15) is 44.8 Å². The van der Waals surface area contributed by atoms with Crippen LogP contribution in [0.2, 0.25) is 0 Å². The summed E-state index contributed by atoms with van der Waals surface area (Å²) in [4.78, 5) is 15.4. The SMILES string of the molecule is CCOCc1noc(C(CC)C(C)=O)n1. The molecule has 0 fully saturated rings. The van der Waals surface area contributed by atoms with Crippen molar-refractivity contribution in [1.29, 1.82) is 0 Å². The van der Waals surface area contributed by atoms with Gasteiger partial charge in [-0.1, -0.05) is 12.1 Å². The first kappa shape index (κ1) is 11.8. The zero-order chi connectivity index (χ0) is 11.3. The molecule has 1 unspecified atom stereocenters. The van der Waals surface area contributed by atoms with Gasteiger partial charge in [0.05, 0.1) is 5.92 Å². The summed E-state index contributed by atoms with van der Waals surface area (Å²) in [5.41, 5.74) is 0. The molecule has 1 heterocycles. The van der Waals surface area contributed by atoms with Gasteiger partial charge in [0.1, 0.15) is 12.4 Å². The lowest BCUT2D eigenvalue weighted by Crippen LogP contribution is -2.08. The Morgan fingerprint density at radius 3 is 2.80 bits per heavy atom. The third kappa shape index (κ3) is 3.13. The first-order valence-electron chi connectivity index (χ1n) is 5.09. The molecule has 0 aromatic carbocycles. The van der Waals surface area contributed by atoms with Gasteiger partial charge >= 0.3 is 0 Å². The van der Waals surface area contributed by atoms with Gasteiger partial charge in [0, 0.05) is 6.61 Å². The summed E-state index contributed by atoms with van der Waals surface area (Å²) in [6.45, 7) is 6.27. The minimum atomic E-state index is -0.284. The molecule has 1 aromatic rings. The number of carbonyl (C=O) groups excluding carboxylic acids is 1. The topological polar surface area (TPSA) is 65.2 Å². The van der Waals surface area contributed by atoms with Crippen molar-refractivity contribution in [3.05, 3.63) is 11.7 Å². The van der Waals surface area contributed by atoms with Crippen molar-refractivity contribution < 1.29 is 14.1 Å². The molecule has 1 atom stereocenters. The Hall–Kier alpha value is -1.23. The molecule has 84 valence electrons. The molecule has 5 nitrogen and oxygen atoms in total. The Labute approximate surface area is 88.8 Å². The predicted molar refractivity (Wildman–Crippen MR) is 53.3 cm³/mol. The Morgan fingerprint density at radius 1 is 1.53 bits per heavy atom. The first-order chi connectivity index (χ1) is 7.19. The molecule has 0 N–H and O–H groups in total. The molecule has 1 rings (SSSR count). The maximum absolute atomic E-state index is 11.2. The van der Waals surface area contributed by atoms with Crippen LogP contribution in [-0.2, 0) is 16.1 Å². The fourth-order valence-electron chi connectivity index (χ4n) is 1.30. The minimum absolute atomic E-state index is 0.0455. The van der Waals surface area contributed by atoms with E-state index in [1.807, 2.05) is 13.8 Å². The van der Waals surface area contributed by atoms with Crippen LogP contribution in [0, 0.1) is 0 Å². The standard InChI is InChI=1S/C10H16N2O3/c1-4-8(7(3)13)10-11-9(12-15-10)6-14-5-2/h8H,4-6H2,1-3H3. The van der Waals surface area contributed by atoms with E-state index in [4.69, 9.17) is 9.26 Å². The molecule has 15 heavy (non-hydrogen) atoms. The fourth-order valence-corrected chi connectivity index (χ4v) is 1.30. The number of aromatic nitrogens is 2. The Kier molecular flexibility index (Phi) is 4.42. The van der Waals surface area contributed by atoms with Crippen LogP contribution < -0.4 is 0 Å². The van der Waals surface area contributed by atoms with Crippen molar-refractivity contribution in [3.8, 4) is 0 Å². The average molecular weight is 212 g/mol. The van der Waals surface area contributed by atoms with E-state index in [1.54, 1.807) is 0 Å². The summed E-state index contributed by atoms with van der Waals surface area (Å²) >= 11 is 0. The monoisotopic (exact) mass is 212 g/mol. The number of ketones is 1. The van der Waals surface area contributed by atoms with E-state index < -0.39 is 0 Å². The molecule has 0 amide bonds. The summed E-state index contributed by atoms with van der Waals surface area (Å²) in [6.07, 6.45) is 0.672. The van der Waals surface area contributed by atoms with Gasteiger partial charge in [-0.15, -0.1) is 0 Å². The zero-order valence-corrected chi connectivity index (χ0v) is 9.32. The van der Waals surface area contributed by atoms with Crippen molar-refractivity contribution in [2.75, 3.05) is 6.61 Å². The highest BCUT2D eigenvalue weighted by molar-refractivity contribution is 5.82. The number of Topliss-reactive ketones (excluding diaryl/α,β-unsaturated/α-hetero) is 1. The van der Waals surface area contributed by atoms with Gasteiger partial charge < -0.3 is 9.26 Å². The number of hydrogen-bond donors (Lipinski definition) is 0. The van der Waals surface area contributed by atoms with Crippen LogP contribution in [0.15, 0.2) is 4.52 Å². The summed E-state index contributed by atoms with van der Waals surface area (Å²) in [6, 6.07) is 0. The van der Waals surface area contributed by atoms with Gasteiger partial charge in [-0.2, -0.15) is 4.98 Å². The lowest BCUT2D eigenvalue weighted by atomic mass is 10.0. The van der Waals surface area contributed by atoms with E-state index in [1.165, 1.54) is 6.92 Å². The van der Waals surface area contributed by atoms with E-state index in [0.29, 0.717) is 31.3 Å². The van der Waals surface area contributed by atoms with Gasteiger partial charge in [0.25, 0.3) is 0 Å². The zero-order valence-electron chi connectivity index (χ0n) is 9.32. The third-order valence-electron chi connectivity index (χ3n) is 2.12. The summed E-state index contributed by atoms with van der Waals surface area (Å²) in [7, 11) is 0. The average Bonchev–Trinajstić information content (AvgIpc) is 2.64. The van der Waals surface area contributed by atoms with E-state index >= 15 is 0 Å². The second kappa shape index (κ2) is 5.60. The number of ether oxygens (including phenoxy) is 1. The molecule has 0 saturated carbocycles. The van der Waals surface area contributed by atoms with Crippen LogP contribution >= 0.6 is 0 Å². The van der Waals surface area contributed by atoms with Gasteiger partial charge in [0.15, 0.2) is 5.82 Å². The molecule has 5 heteroatoms. The van der Waals surface area contributed by atoms with Crippen molar-refractivity contribution >= 4 is 5.78 Å². The van der Waals surface area contributed by atoms with Crippen LogP contribution in [0.4, 0.5) is 0 Å². The van der Waals surface area contributed by atoms with Crippen LogP contribution in [0.5, 0.6) is 0 Å². The highest BCUT2D eigenvalue weighted by Crippen LogP contribution is 2.18. The van der Waals surface area contributed by atoms with E-state index in [0.717, 1.165) is 0 Å². The van der Waals surface area contributed by atoms with Crippen LogP contribution in [0.3, 0.4) is 0 Å². The van der Waals surface area contributed by atoms with Gasteiger partial charge in [-0.05, 0) is 20.3 Å². The highest BCUT2D eigenvalue weighted by Gasteiger charge is 2.21. The molecule has 1 aromatic heterocycles. The lowest BCUT2D eigenvalue weighted by molar-refractivity contribution is -0.119. The van der Waals surface area contributed by atoms with Crippen molar-refractivity contribution in [1.82, 2.24) is 10.1 Å². The van der Waals surface area contributed by atoms with E-state index in [-0.39, 0.29) is 11.7 Å². The van der Waals surface area contributed by atoms with E-state index in [2.05, 4.69) is 10.1 Å². The molecule has 0 aliphatic heterocycles. The highest BCUT2D eigenvalue weighted by atomic mass is 16.5. The predicted octanol–water partition coefficient (Wildman–Crippen LogP) is 1.69. The smallest absolute Gasteiger partial charge is 0.237 e. The first-order valence-corrected chi connectivity index (χ1v) is 5.09. The Bertz CT molecular complexity index is 322. The normalized spacial score (nSPS) is 12.7. The molecule has 0 radical (unpaired) electrons. The largest absolute Gasteiger partial charge is 0.374 e. The number of hydrogen-bond acceptors (Lipinski definition) is 5.